The Balaban J connectivity index is 1.94. The molecule has 22 heavy (non-hydrogen) atoms. The zero-order chi connectivity index (χ0) is 15.3. The molecule has 0 bridgehead atoms. The Morgan fingerprint density at radius 1 is 0.909 bits per heavy atom. The van der Waals surface area contributed by atoms with Crippen LogP contribution in [-0.4, -0.2) is 5.11 Å². The summed E-state index contributed by atoms with van der Waals surface area (Å²) in [7, 11) is 0. The van der Waals surface area contributed by atoms with Crippen molar-refractivity contribution in [3.63, 3.8) is 0 Å². The molecule has 2 nitrogen and oxygen atoms in total. The summed E-state index contributed by atoms with van der Waals surface area (Å²) >= 11 is 0. The van der Waals surface area contributed by atoms with Gasteiger partial charge in [0.2, 0.25) is 0 Å². The number of aliphatic hydroxyl groups is 1. The van der Waals surface area contributed by atoms with E-state index in [9.17, 15) is 5.11 Å². The smallest absolute Gasteiger partial charge is 0.105 e. The summed E-state index contributed by atoms with van der Waals surface area (Å²) in [6, 6.07) is 16.4. The molecule has 110 valence electrons. The fourth-order valence-electron chi connectivity index (χ4n) is 3.64. The zero-order valence-corrected chi connectivity index (χ0v) is 12.6. The first-order valence-electron chi connectivity index (χ1n) is 7.73. The van der Waals surface area contributed by atoms with Crippen molar-refractivity contribution in [1.82, 2.24) is 0 Å². The lowest BCUT2D eigenvalue weighted by atomic mass is 9.91. The second kappa shape index (κ2) is 4.85. The van der Waals surface area contributed by atoms with Crippen LogP contribution in [0.25, 0.3) is 10.8 Å². The van der Waals surface area contributed by atoms with E-state index in [4.69, 9.17) is 5.73 Å². The van der Waals surface area contributed by atoms with Gasteiger partial charge in [0, 0.05) is 5.69 Å². The summed E-state index contributed by atoms with van der Waals surface area (Å²) in [5.41, 5.74) is 12.3. The van der Waals surface area contributed by atoms with Gasteiger partial charge in [-0.3, -0.25) is 0 Å². The van der Waals surface area contributed by atoms with Crippen LogP contribution < -0.4 is 5.73 Å². The third-order valence-electron chi connectivity index (χ3n) is 4.92. The maximum absolute atomic E-state index is 10.9. The van der Waals surface area contributed by atoms with Gasteiger partial charge in [-0.1, -0.05) is 42.5 Å². The van der Waals surface area contributed by atoms with Gasteiger partial charge in [0.1, 0.15) is 6.10 Å². The largest absolute Gasteiger partial charge is 0.399 e. The first-order chi connectivity index (χ1) is 10.7. The van der Waals surface area contributed by atoms with Crippen molar-refractivity contribution in [1.29, 1.82) is 0 Å². The van der Waals surface area contributed by atoms with Crippen LogP contribution in [0.5, 0.6) is 0 Å². The van der Waals surface area contributed by atoms with Crippen molar-refractivity contribution in [3.8, 4) is 0 Å². The minimum atomic E-state index is -0.645. The highest BCUT2D eigenvalue weighted by Crippen LogP contribution is 2.37. The van der Waals surface area contributed by atoms with Gasteiger partial charge in [0.05, 0.1) is 0 Å². The van der Waals surface area contributed by atoms with E-state index in [1.807, 2.05) is 25.1 Å². The number of anilines is 1. The molecule has 0 heterocycles. The molecule has 0 radical (unpaired) electrons. The SMILES string of the molecule is Cc1c(N)cccc1C(O)c1ccc2c3c(cccc13)CC2. The molecule has 3 N–H and O–H groups in total. The molecule has 4 rings (SSSR count). The number of benzene rings is 3. The Hall–Kier alpha value is -2.32. The summed E-state index contributed by atoms with van der Waals surface area (Å²) < 4.78 is 0. The molecular weight excluding hydrogens is 270 g/mol. The molecule has 0 saturated carbocycles. The van der Waals surface area contributed by atoms with Gasteiger partial charge in [0.15, 0.2) is 0 Å². The van der Waals surface area contributed by atoms with Crippen LogP contribution in [0.1, 0.15) is 33.9 Å². The van der Waals surface area contributed by atoms with Crippen LogP contribution in [-0.2, 0) is 12.8 Å². The third-order valence-corrected chi connectivity index (χ3v) is 4.92. The second-order valence-corrected chi connectivity index (χ2v) is 6.12. The number of rotatable bonds is 2. The lowest BCUT2D eigenvalue weighted by Gasteiger charge is -2.18. The van der Waals surface area contributed by atoms with Crippen LogP contribution in [0, 0.1) is 6.92 Å². The average Bonchev–Trinajstić information content (AvgIpc) is 2.95. The monoisotopic (exact) mass is 289 g/mol. The van der Waals surface area contributed by atoms with Gasteiger partial charge in [0.25, 0.3) is 0 Å². The van der Waals surface area contributed by atoms with Crippen molar-refractivity contribution in [2.45, 2.75) is 25.9 Å². The van der Waals surface area contributed by atoms with Gasteiger partial charge >= 0.3 is 0 Å². The Labute approximate surface area is 130 Å². The molecule has 2 heteroatoms. The lowest BCUT2D eigenvalue weighted by Crippen LogP contribution is -2.05. The average molecular weight is 289 g/mol. The standard InChI is InChI=1S/C20H19NO/c1-12-15(5-3-7-18(12)21)20(22)17-11-10-14-9-8-13-4-2-6-16(17)19(13)14/h2-7,10-11,20,22H,8-9,21H2,1H3. The summed E-state index contributed by atoms with van der Waals surface area (Å²) in [5, 5.41) is 13.4. The van der Waals surface area contributed by atoms with Gasteiger partial charge in [-0.05, 0) is 64.4 Å². The molecule has 0 spiro atoms. The minimum absolute atomic E-state index is 0.645. The van der Waals surface area contributed by atoms with Crippen LogP contribution in [0.4, 0.5) is 5.69 Å². The van der Waals surface area contributed by atoms with Crippen molar-refractivity contribution >= 4 is 16.5 Å². The number of hydrogen-bond acceptors (Lipinski definition) is 2. The van der Waals surface area contributed by atoms with E-state index >= 15 is 0 Å². The van der Waals surface area contributed by atoms with Crippen LogP contribution in [0.15, 0.2) is 48.5 Å². The van der Waals surface area contributed by atoms with E-state index in [1.165, 1.54) is 21.9 Å². The summed E-state index contributed by atoms with van der Waals surface area (Å²) in [5.74, 6) is 0. The summed E-state index contributed by atoms with van der Waals surface area (Å²) in [4.78, 5) is 0. The highest BCUT2D eigenvalue weighted by molar-refractivity contribution is 5.93. The Kier molecular flexibility index (Phi) is 2.95. The number of aryl methyl sites for hydroxylation is 2. The number of nitrogen functional groups attached to an aromatic ring is 1. The third kappa shape index (κ3) is 1.84. The van der Waals surface area contributed by atoms with Crippen LogP contribution in [0.3, 0.4) is 0 Å². The molecule has 3 aromatic rings. The molecule has 1 aliphatic carbocycles. The molecule has 3 aromatic carbocycles. The molecule has 0 amide bonds. The fourth-order valence-corrected chi connectivity index (χ4v) is 3.64. The van der Waals surface area contributed by atoms with E-state index in [-0.39, 0.29) is 0 Å². The first kappa shape index (κ1) is 13.4. The highest BCUT2D eigenvalue weighted by Gasteiger charge is 2.21. The quantitative estimate of drug-likeness (QED) is 0.703. The predicted octanol–water partition coefficient (Wildman–Crippen LogP) is 3.91. The van der Waals surface area contributed by atoms with Gasteiger partial charge in [-0.25, -0.2) is 0 Å². The maximum Gasteiger partial charge on any atom is 0.105 e. The first-order valence-corrected chi connectivity index (χ1v) is 7.73. The van der Waals surface area contributed by atoms with E-state index in [1.54, 1.807) is 0 Å². The van der Waals surface area contributed by atoms with Crippen molar-refractivity contribution in [2.24, 2.45) is 0 Å². The van der Waals surface area contributed by atoms with Crippen molar-refractivity contribution < 1.29 is 5.11 Å². The van der Waals surface area contributed by atoms with Gasteiger partial charge in [-0.2, -0.15) is 0 Å². The van der Waals surface area contributed by atoms with Crippen LogP contribution >= 0.6 is 0 Å². The second-order valence-electron chi connectivity index (χ2n) is 6.12. The minimum Gasteiger partial charge on any atom is -0.399 e. The van der Waals surface area contributed by atoms with Crippen molar-refractivity contribution in [3.05, 3.63) is 76.3 Å². The van der Waals surface area contributed by atoms with Crippen molar-refractivity contribution in [2.75, 3.05) is 5.73 Å². The molecule has 0 aromatic heterocycles. The summed E-state index contributed by atoms with van der Waals surface area (Å²) in [6.45, 7) is 1.97. The van der Waals surface area contributed by atoms with Crippen LogP contribution in [0.2, 0.25) is 0 Å². The Bertz CT molecular complexity index is 872. The molecule has 0 saturated heterocycles. The molecule has 0 aliphatic heterocycles. The van der Waals surface area contributed by atoms with E-state index < -0.39 is 6.10 Å². The van der Waals surface area contributed by atoms with E-state index in [2.05, 4.69) is 30.3 Å². The highest BCUT2D eigenvalue weighted by atomic mass is 16.3. The molecule has 1 atom stereocenters. The normalized spacial score (nSPS) is 14.5. The Morgan fingerprint density at radius 3 is 2.45 bits per heavy atom. The number of hydrogen-bond donors (Lipinski definition) is 2. The molecule has 1 unspecified atom stereocenters. The lowest BCUT2D eigenvalue weighted by molar-refractivity contribution is 0.221. The van der Waals surface area contributed by atoms with Gasteiger partial charge in [-0.15, -0.1) is 0 Å². The zero-order valence-electron chi connectivity index (χ0n) is 12.6. The van der Waals surface area contributed by atoms with E-state index in [0.29, 0.717) is 0 Å². The molecule has 1 aliphatic rings. The van der Waals surface area contributed by atoms with Gasteiger partial charge < -0.3 is 10.8 Å². The summed E-state index contributed by atoms with van der Waals surface area (Å²) in [6.07, 6.45) is 1.56. The fraction of sp³-hybridized carbons (Fsp3) is 0.200. The molecule has 0 fully saturated rings. The number of nitrogens with two attached hydrogens (primary N) is 1. The predicted molar refractivity (Wildman–Crippen MR) is 91.0 cm³/mol. The topological polar surface area (TPSA) is 46.2 Å². The van der Waals surface area contributed by atoms with E-state index in [0.717, 1.165) is 35.2 Å². The number of aliphatic hydroxyl groups excluding tert-OH is 1. The molecular formula is C20H19NO. The maximum atomic E-state index is 10.9. The Morgan fingerprint density at radius 2 is 1.64 bits per heavy atom.